The van der Waals surface area contributed by atoms with Crippen LogP contribution >= 0.6 is 0 Å². The summed E-state index contributed by atoms with van der Waals surface area (Å²) in [6.45, 7) is 0.941. The van der Waals surface area contributed by atoms with Crippen LogP contribution in [0.5, 0.6) is 0 Å². The van der Waals surface area contributed by atoms with Crippen LogP contribution in [0.25, 0.3) is 0 Å². The van der Waals surface area contributed by atoms with Gasteiger partial charge in [-0.05, 0) is 39.2 Å². The van der Waals surface area contributed by atoms with Gasteiger partial charge in [0.25, 0.3) is 0 Å². The Morgan fingerprint density at radius 2 is 1.78 bits per heavy atom. The lowest BCUT2D eigenvalue weighted by atomic mass is 9.93. The molecular weight excluding hydrogens is 226 g/mol. The maximum absolute atomic E-state index is 11.6. The molecule has 3 saturated heterocycles. The number of hydrogen-bond donors (Lipinski definition) is 1. The first kappa shape index (κ1) is 12.4. The van der Waals surface area contributed by atoms with E-state index < -0.39 is 0 Å². The van der Waals surface area contributed by atoms with Crippen molar-refractivity contribution in [2.45, 2.75) is 62.7 Å². The molecule has 0 aromatic heterocycles. The normalized spacial score (nSPS) is 41.4. The molecule has 0 aliphatic carbocycles. The van der Waals surface area contributed by atoms with Gasteiger partial charge in [-0.3, -0.25) is 9.69 Å². The highest BCUT2D eigenvalue weighted by molar-refractivity contribution is 5.76. The smallest absolute Gasteiger partial charge is 0.222 e. The lowest BCUT2D eigenvalue weighted by molar-refractivity contribution is -0.134. The van der Waals surface area contributed by atoms with E-state index in [4.69, 9.17) is 0 Å². The first-order valence-corrected chi connectivity index (χ1v) is 7.37. The fourth-order valence-corrected chi connectivity index (χ4v) is 4.28. The second-order valence-corrected chi connectivity index (χ2v) is 6.26. The summed E-state index contributed by atoms with van der Waals surface area (Å²) >= 11 is 0. The Kier molecular flexibility index (Phi) is 3.32. The topological polar surface area (TPSA) is 35.6 Å². The van der Waals surface area contributed by atoms with Crippen LogP contribution in [0, 0.1) is 0 Å². The molecule has 0 spiro atoms. The Hall–Kier alpha value is -0.610. The highest BCUT2D eigenvalue weighted by atomic mass is 16.2. The molecule has 3 atom stereocenters. The van der Waals surface area contributed by atoms with Crippen molar-refractivity contribution in [1.82, 2.24) is 15.1 Å². The van der Waals surface area contributed by atoms with E-state index in [1.807, 2.05) is 11.9 Å². The molecule has 1 amide bonds. The van der Waals surface area contributed by atoms with Gasteiger partial charge in [0.1, 0.15) is 0 Å². The third-order valence-corrected chi connectivity index (χ3v) is 5.22. The Morgan fingerprint density at radius 1 is 1.11 bits per heavy atom. The standard InChI is InChI=1S/C14H25N3O/c1-15-10-7-11-3-4-12(8-10)17(11)13-5-6-14(18)16(2)9-13/h10-13,15H,3-9H2,1-2H3. The number of carbonyl (C=O) groups excluding carboxylic acids is 1. The molecule has 4 heteroatoms. The van der Waals surface area contributed by atoms with Crippen molar-refractivity contribution in [3.8, 4) is 0 Å². The molecule has 3 aliphatic rings. The number of piperidine rings is 2. The van der Waals surface area contributed by atoms with E-state index in [-0.39, 0.29) is 0 Å². The van der Waals surface area contributed by atoms with E-state index in [9.17, 15) is 4.79 Å². The molecule has 3 unspecified atom stereocenters. The Balaban J connectivity index is 1.69. The van der Waals surface area contributed by atoms with Crippen LogP contribution in [-0.4, -0.2) is 60.5 Å². The van der Waals surface area contributed by atoms with Gasteiger partial charge in [-0.2, -0.15) is 0 Å². The van der Waals surface area contributed by atoms with E-state index in [2.05, 4.69) is 17.3 Å². The van der Waals surface area contributed by atoms with Gasteiger partial charge in [0, 0.05) is 44.2 Å². The van der Waals surface area contributed by atoms with Crippen LogP contribution in [-0.2, 0) is 4.79 Å². The predicted molar refractivity (Wildman–Crippen MR) is 71.4 cm³/mol. The third kappa shape index (κ3) is 2.05. The first-order chi connectivity index (χ1) is 8.69. The van der Waals surface area contributed by atoms with E-state index in [0.717, 1.165) is 31.5 Å². The maximum Gasteiger partial charge on any atom is 0.222 e. The SMILES string of the molecule is CNC1CC2CCC(C1)N2C1CCC(=O)N(C)C1. The van der Waals surface area contributed by atoms with Crippen molar-refractivity contribution in [2.75, 3.05) is 20.6 Å². The summed E-state index contributed by atoms with van der Waals surface area (Å²) in [6, 6.07) is 2.84. The molecule has 0 radical (unpaired) electrons. The summed E-state index contributed by atoms with van der Waals surface area (Å²) in [7, 11) is 4.05. The highest BCUT2D eigenvalue weighted by Gasteiger charge is 2.44. The van der Waals surface area contributed by atoms with Crippen LogP contribution in [0.15, 0.2) is 0 Å². The molecule has 3 heterocycles. The van der Waals surface area contributed by atoms with Crippen molar-refractivity contribution in [3.63, 3.8) is 0 Å². The molecule has 18 heavy (non-hydrogen) atoms. The maximum atomic E-state index is 11.6. The van der Waals surface area contributed by atoms with E-state index in [1.165, 1.54) is 25.7 Å². The number of carbonyl (C=O) groups is 1. The number of nitrogens with zero attached hydrogens (tertiary/aromatic N) is 2. The lowest BCUT2D eigenvalue weighted by Gasteiger charge is -2.46. The summed E-state index contributed by atoms with van der Waals surface area (Å²) in [5, 5.41) is 3.45. The van der Waals surface area contributed by atoms with Crippen LogP contribution in [0.3, 0.4) is 0 Å². The van der Waals surface area contributed by atoms with Crippen molar-refractivity contribution >= 4 is 5.91 Å². The van der Waals surface area contributed by atoms with Gasteiger partial charge >= 0.3 is 0 Å². The zero-order valence-corrected chi connectivity index (χ0v) is 11.6. The Labute approximate surface area is 110 Å². The monoisotopic (exact) mass is 251 g/mol. The minimum atomic E-state index is 0.323. The van der Waals surface area contributed by atoms with E-state index in [0.29, 0.717) is 18.0 Å². The predicted octanol–water partition coefficient (Wildman–Crippen LogP) is 0.822. The average molecular weight is 251 g/mol. The van der Waals surface area contributed by atoms with Crippen molar-refractivity contribution < 1.29 is 4.79 Å². The van der Waals surface area contributed by atoms with E-state index >= 15 is 0 Å². The zero-order valence-electron chi connectivity index (χ0n) is 11.6. The highest BCUT2D eigenvalue weighted by Crippen LogP contribution is 2.38. The zero-order chi connectivity index (χ0) is 12.7. The summed E-state index contributed by atoms with van der Waals surface area (Å²) < 4.78 is 0. The third-order valence-electron chi connectivity index (χ3n) is 5.22. The second kappa shape index (κ2) is 4.82. The number of amides is 1. The van der Waals surface area contributed by atoms with Crippen LogP contribution in [0.1, 0.15) is 38.5 Å². The number of fused-ring (bicyclic) bond motifs is 2. The fraction of sp³-hybridized carbons (Fsp3) is 0.929. The Morgan fingerprint density at radius 3 is 2.33 bits per heavy atom. The number of nitrogens with one attached hydrogen (secondary N) is 1. The molecule has 3 fully saturated rings. The van der Waals surface area contributed by atoms with Crippen molar-refractivity contribution in [1.29, 1.82) is 0 Å². The van der Waals surface area contributed by atoms with Crippen molar-refractivity contribution in [2.24, 2.45) is 0 Å². The van der Waals surface area contributed by atoms with Gasteiger partial charge < -0.3 is 10.2 Å². The van der Waals surface area contributed by atoms with Gasteiger partial charge in [-0.25, -0.2) is 0 Å². The summed E-state index contributed by atoms with van der Waals surface area (Å²) in [5.74, 6) is 0.323. The van der Waals surface area contributed by atoms with Crippen LogP contribution in [0.2, 0.25) is 0 Å². The summed E-state index contributed by atoms with van der Waals surface area (Å²) in [4.78, 5) is 16.3. The molecule has 0 aromatic rings. The molecule has 0 aromatic carbocycles. The number of rotatable bonds is 2. The van der Waals surface area contributed by atoms with Crippen LogP contribution in [0.4, 0.5) is 0 Å². The summed E-state index contributed by atoms with van der Waals surface area (Å²) in [5.41, 5.74) is 0. The lowest BCUT2D eigenvalue weighted by Crippen LogP contribution is -2.57. The quantitative estimate of drug-likeness (QED) is 0.789. The van der Waals surface area contributed by atoms with Gasteiger partial charge in [0.05, 0.1) is 0 Å². The molecule has 102 valence electrons. The largest absolute Gasteiger partial charge is 0.344 e. The number of hydrogen-bond acceptors (Lipinski definition) is 3. The minimum Gasteiger partial charge on any atom is -0.344 e. The molecule has 3 rings (SSSR count). The number of likely N-dealkylation sites (tertiary alicyclic amines) is 1. The van der Waals surface area contributed by atoms with Gasteiger partial charge in [0.15, 0.2) is 0 Å². The van der Waals surface area contributed by atoms with Gasteiger partial charge in [-0.1, -0.05) is 0 Å². The Bertz CT molecular complexity index is 319. The average Bonchev–Trinajstić information content (AvgIpc) is 2.64. The first-order valence-electron chi connectivity index (χ1n) is 7.37. The molecule has 2 bridgehead atoms. The van der Waals surface area contributed by atoms with Crippen LogP contribution < -0.4 is 5.32 Å². The van der Waals surface area contributed by atoms with Gasteiger partial charge in [-0.15, -0.1) is 0 Å². The van der Waals surface area contributed by atoms with E-state index in [1.54, 1.807) is 0 Å². The number of likely N-dealkylation sites (N-methyl/N-ethyl adjacent to an activating group) is 1. The second-order valence-electron chi connectivity index (χ2n) is 6.26. The molecule has 1 N–H and O–H groups in total. The van der Waals surface area contributed by atoms with Crippen molar-refractivity contribution in [3.05, 3.63) is 0 Å². The molecule has 3 aliphatic heterocycles. The molecular formula is C14H25N3O. The molecule has 0 saturated carbocycles. The molecule has 4 nitrogen and oxygen atoms in total. The minimum absolute atomic E-state index is 0.323. The fourth-order valence-electron chi connectivity index (χ4n) is 4.28. The summed E-state index contributed by atoms with van der Waals surface area (Å²) in [6.07, 6.45) is 7.11. The van der Waals surface area contributed by atoms with Gasteiger partial charge in [0.2, 0.25) is 5.91 Å².